The Morgan fingerprint density at radius 1 is 1.21 bits per heavy atom. The number of anilines is 1. The zero-order chi connectivity index (χ0) is 20.8. The van der Waals surface area contributed by atoms with Crippen molar-refractivity contribution in [1.82, 2.24) is 15.5 Å². The second-order valence-corrected chi connectivity index (χ2v) is 8.96. The van der Waals surface area contributed by atoms with Gasteiger partial charge in [-0.05, 0) is 31.7 Å². The molecule has 1 fully saturated rings. The molecule has 1 aromatic heterocycles. The van der Waals surface area contributed by atoms with Crippen LogP contribution in [0.2, 0.25) is 0 Å². The lowest BCUT2D eigenvalue weighted by Gasteiger charge is -2.27. The highest BCUT2D eigenvalue weighted by atomic mass is 32.1. The number of hydrogen-bond donors (Lipinski definition) is 2. The third-order valence-electron chi connectivity index (χ3n) is 5.69. The third kappa shape index (κ3) is 5.63. The van der Waals surface area contributed by atoms with Gasteiger partial charge in [0.25, 0.3) is 0 Å². The second-order valence-electron chi connectivity index (χ2n) is 7.98. The van der Waals surface area contributed by atoms with Crippen molar-refractivity contribution < 1.29 is 9.59 Å². The molecule has 0 aliphatic heterocycles. The van der Waals surface area contributed by atoms with E-state index in [1.54, 1.807) is 0 Å². The molecule has 2 aromatic rings. The van der Waals surface area contributed by atoms with Gasteiger partial charge < -0.3 is 5.32 Å². The van der Waals surface area contributed by atoms with Gasteiger partial charge in [0, 0.05) is 11.5 Å². The summed E-state index contributed by atoms with van der Waals surface area (Å²) in [6, 6.07) is 7.45. The molecule has 1 heterocycles. The summed E-state index contributed by atoms with van der Waals surface area (Å²) in [7, 11) is 0. The summed E-state index contributed by atoms with van der Waals surface area (Å²) in [6.07, 6.45) is 6.00. The molecule has 7 heteroatoms. The van der Waals surface area contributed by atoms with Crippen molar-refractivity contribution in [2.24, 2.45) is 11.8 Å². The van der Waals surface area contributed by atoms with E-state index in [9.17, 15) is 9.59 Å². The maximum atomic E-state index is 12.9. The number of carbonyl (C=O) groups is 2. The fraction of sp³-hybridized carbons (Fsp3) is 0.545. The van der Waals surface area contributed by atoms with Crippen LogP contribution in [0.5, 0.6) is 0 Å². The Morgan fingerprint density at radius 2 is 1.97 bits per heavy atom. The van der Waals surface area contributed by atoms with Crippen LogP contribution in [0.1, 0.15) is 57.9 Å². The summed E-state index contributed by atoms with van der Waals surface area (Å²) in [6.45, 7) is 6.04. The minimum absolute atomic E-state index is 0.00265. The number of hydrogen-bond acceptors (Lipinski definition) is 5. The Kier molecular flexibility index (Phi) is 7.36. The summed E-state index contributed by atoms with van der Waals surface area (Å²) in [5.74, 6) is -0.164. The van der Waals surface area contributed by atoms with E-state index in [0.29, 0.717) is 5.13 Å². The normalized spacial score (nSPS) is 16.8. The first kappa shape index (κ1) is 21.4. The molecule has 1 aliphatic carbocycles. The van der Waals surface area contributed by atoms with Crippen LogP contribution in [0.15, 0.2) is 24.3 Å². The average molecular weight is 415 g/mol. The number of rotatable bonds is 7. The van der Waals surface area contributed by atoms with Gasteiger partial charge in [0.1, 0.15) is 11.0 Å². The average Bonchev–Trinajstić information content (AvgIpc) is 3.20. The van der Waals surface area contributed by atoms with Gasteiger partial charge in [-0.25, -0.2) is 0 Å². The van der Waals surface area contributed by atoms with Crippen LogP contribution in [0.4, 0.5) is 5.13 Å². The number of amides is 2. The zero-order valence-electron chi connectivity index (χ0n) is 17.4. The standard InChI is InChI=1S/C22H30N4O2S/c1-4-15(3)18(23-19(27)16-10-6-5-7-11-16)20(28)24-22-26-25-21(29-22)17-12-8-9-14(2)13-17/h8-9,12-13,15-16,18H,4-7,10-11H2,1-3H3,(H,23,27)(H,24,26,28)/t15-,18-/m1/s1. The fourth-order valence-electron chi connectivity index (χ4n) is 3.69. The summed E-state index contributed by atoms with van der Waals surface area (Å²) in [4.78, 5) is 25.6. The van der Waals surface area contributed by atoms with Gasteiger partial charge in [0.2, 0.25) is 16.9 Å². The predicted molar refractivity (Wildman–Crippen MR) is 117 cm³/mol. The van der Waals surface area contributed by atoms with Gasteiger partial charge in [0.05, 0.1) is 0 Å². The molecule has 3 rings (SSSR count). The third-order valence-corrected chi connectivity index (χ3v) is 6.58. The summed E-state index contributed by atoms with van der Waals surface area (Å²) in [5, 5.41) is 15.4. The molecule has 0 radical (unpaired) electrons. The van der Waals surface area contributed by atoms with Crippen LogP contribution in [-0.4, -0.2) is 28.1 Å². The molecule has 2 N–H and O–H groups in total. The van der Waals surface area contributed by atoms with Gasteiger partial charge >= 0.3 is 0 Å². The fourth-order valence-corrected chi connectivity index (χ4v) is 4.43. The van der Waals surface area contributed by atoms with Crippen molar-refractivity contribution in [2.75, 3.05) is 5.32 Å². The van der Waals surface area contributed by atoms with Crippen molar-refractivity contribution in [3.63, 3.8) is 0 Å². The molecule has 0 saturated heterocycles. The monoisotopic (exact) mass is 414 g/mol. The highest BCUT2D eigenvalue weighted by molar-refractivity contribution is 7.18. The molecular formula is C22H30N4O2S. The van der Waals surface area contributed by atoms with Crippen molar-refractivity contribution in [2.45, 2.75) is 65.3 Å². The van der Waals surface area contributed by atoms with Gasteiger partial charge in [-0.2, -0.15) is 0 Å². The first-order valence-electron chi connectivity index (χ1n) is 10.5. The van der Waals surface area contributed by atoms with E-state index in [4.69, 9.17) is 0 Å². The molecule has 1 aromatic carbocycles. The second kappa shape index (κ2) is 9.96. The van der Waals surface area contributed by atoms with Crippen molar-refractivity contribution in [3.05, 3.63) is 29.8 Å². The summed E-state index contributed by atoms with van der Waals surface area (Å²) >= 11 is 1.34. The number of aryl methyl sites for hydroxylation is 1. The lowest BCUT2D eigenvalue weighted by Crippen LogP contribution is -2.49. The highest BCUT2D eigenvalue weighted by Gasteiger charge is 2.30. The molecule has 29 heavy (non-hydrogen) atoms. The van der Waals surface area contributed by atoms with Crippen LogP contribution in [-0.2, 0) is 9.59 Å². The summed E-state index contributed by atoms with van der Waals surface area (Å²) < 4.78 is 0. The first-order chi connectivity index (χ1) is 14.0. The molecule has 1 aliphatic rings. The molecule has 6 nitrogen and oxygen atoms in total. The largest absolute Gasteiger partial charge is 0.344 e. The van der Waals surface area contributed by atoms with E-state index in [0.717, 1.165) is 48.2 Å². The molecule has 156 valence electrons. The van der Waals surface area contributed by atoms with Crippen molar-refractivity contribution >= 4 is 28.3 Å². The minimum Gasteiger partial charge on any atom is -0.344 e. The topological polar surface area (TPSA) is 84.0 Å². The van der Waals surface area contributed by atoms with Gasteiger partial charge in [0.15, 0.2) is 0 Å². The zero-order valence-corrected chi connectivity index (χ0v) is 18.2. The van der Waals surface area contributed by atoms with Gasteiger partial charge in [-0.3, -0.25) is 14.9 Å². The molecule has 0 spiro atoms. The van der Waals surface area contributed by atoms with E-state index in [2.05, 4.69) is 20.8 Å². The van der Waals surface area contributed by atoms with Gasteiger partial charge in [-0.15, -0.1) is 10.2 Å². The van der Waals surface area contributed by atoms with E-state index in [-0.39, 0.29) is 23.7 Å². The number of nitrogens with one attached hydrogen (secondary N) is 2. The number of carbonyl (C=O) groups excluding carboxylic acids is 2. The first-order valence-corrected chi connectivity index (χ1v) is 11.3. The SMILES string of the molecule is CC[C@@H](C)[C@@H](NC(=O)C1CCCCC1)C(=O)Nc1nnc(-c2cccc(C)c2)s1. The summed E-state index contributed by atoms with van der Waals surface area (Å²) in [5.41, 5.74) is 2.12. The molecule has 2 amide bonds. The van der Waals surface area contributed by atoms with Crippen LogP contribution in [0.3, 0.4) is 0 Å². The molecule has 2 atom stereocenters. The molecule has 1 saturated carbocycles. The Hall–Kier alpha value is -2.28. The lowest BCUT2D eigenvalue weighted by atomic mass is 9.88. The Labute approximate surface area is 176 Å². The highest BCUT2D eigenvalue weighted by Crippen LogP contribution is 2.28. The Bertz CT molecular complexity index is 845. The van der Waals surface area contributed by atoms with Gasteiger partial charge in [-0.1, -0.05) is 74.6 Å². The van der Waals surface area contributed by atoms with Crippen LogP contribution < -0.4 is 10.6 Å². The van der Waals surface area contributed by atoms with E-state index in [1.807, 2.05) is 45.0 Å². The van der Waals surface area contributed by atoms with E-state index in [1.165, 1.54) is 17.8 Å². The molecule has 0 unspecified atom stereocenters. The van der Waals surface area contributed by atoms with Crippen LogP contribution in [0.25, 0.3) is 10.6 Å². The van der Waals surface area contributed by atoms with Crippen LogP contribution in [0, 0.1) is 18.8 Å². The van der Waals surface area contributed by atoms with E-state index >= 15 is 0 Å². The maximum Gasteiger partial charge on any atom is 0.249 e. The molecular weight excluding hydrogens is 384 g/mol. The Morgan fingerprint density at radius 3 is 2.66 bits per heavy atom. The number of nitrogens with zero attached hydrogens (tertiary/aromatic N) is 2. The smallest absolute Gasteiger partial charge is 0.249 e. The van der Waals surface area contributed by atoms with Crippen LogP contribution >= 0.6 is 11.3 Å². The number of benzene rings is 1. The maximum absolute atomic E-state index is 12.9. The minimum atomic E-state index is -0.569. The van der Waals surface area contributed by atoms with E-state index < -0.39 is 6.04 Å². The lowest BCUT2D eigenvalue weighted by molar-refractivity contribution is -0.130. The molecule has 0 bridgehead atoms. The Balaban J connectivity index is 1.67. The quantitative estimate of drug-likeness (QED) is 0.695. The number of aromatic nitrogens is 2. The van der Waals surface area contributed by atoms with Crippen molar-refractivity contribution in [1.29, 1.82) is 0 Å². The predicted octanol–water partition coefficient (Wildman–Crippen LogP) is 4.56. The van der Waals surface area contributed by atoms with Crippen molar-refractivity contribution in [3.8, 4) is 10.6 Å².